The van der Waals surface area contributed by atoms with Crippen molar-refractivity contribution in [3.05, 3.63) is 0 Å². The lowest BCUT2D eigenvalue weighted by Crippen LogP contribution is -2.24. The fraction of sp³-hybridized carbons (Fsp3) is 1.00. The zero-order chi connectivity index (χ0) is 8.32. The first-order valence-corrected chi connectivity index (χ1v) is 5.89. The van der Waals surface area contributed by atoms with Crippen molar-refractivity contribution in [3.63, 3.8) is 0 Å². The van der Waals surface area contributed by atoms with Crippen LogP contribution in [0.1, 0.15) is 12.8 Å². The highest BCUT2D eigenvalue weighted by Gasteiger charge is 2.18. The van der Waals surface area contributed by atoms with Gasteiger partial charge in [0.25, 0.3) is 0 Å². The summed E-state index contributed by atoms with van der Waals surface area (Å²) in [4.78, 5) is 0. The van der Waals surface area contributed by atoms with Gasteiger partial charge < -0.3 is 4.74 Å². The molecule has 0 aromatic heterocycles. The first-order valence-electron chi connectivity index (χ1n) is 3.83. The summed E-state index contributed by atoms with van der Waals surface area (Å²) in [5, 5.41) is 0. The SMILES string of the molecule is CS(=O)(=O)CC1CCCOC1. The second-order valence-corrected chi connectivity index (χ2v) is 5.36. The molecule has 1 saturated heterocycles. The lowest BCUT2D eigenvalue weighted by Gasteiger charge is -2.20. The highest BCUT2D eigenvalue weighted by Crippen LogP contribution is 2.14. The molecule has 1 aliphatic rings. The first kappa shape index (κ1) is 9.00. The van der Waals surface area contributed by atoms with Crippen LogP contribution in [0.4, 0.5) is 0 Å². The maximum absolute atomic E-state index is 10.8. The van der Waals surface area contributed by atoms with Crippen molar-refractivity contribution in [2.75, 3.05) is 25.2 Å². The number of ether oxygens (including phenoxy) is 1. The average Bonchev–Trinajstić information content (AvgIpc) is 1.85. The van der Waals surface area contributed by atoms with Gasteiger partial charge in [0.1, 0.15) is 9.84 Å². The summed E-state index contributed by atoms with van der Waals surface area (Å²) in [6.07, 6.45) is 3.27. The molecule has 0 aliphatic carbocycles. The molecule has 1 aliphatic heterocycles. The second kappa shape index (κ2) is 3.54. The van der Waals surface area contributed by atoms with E-state index in [1.165, 1.54) is 6.26 Å². The van der Waals surface area contributed by atoms with Gasteiger partial charge in [-0.05, 0) is 18.8 Å². The van der Waals surface area contributed by atoms with E-state index >= 15 is 0 Å². The Balaban J connectivity index is 2.36. The van der Waals surface area contributed by atoms with Gasteiger partial charge in [0.2, 0.25) is 0 Å². The Labute approximate surface area is 67.7 Å². The minimum atomic E-state index is -2.80. The van der Waals surface area contributed by atoms with E-state index in [0.29, 0.717) is 6.61 Å². The summed E-state index contributed by atoms with van der Waals surface area (Å²) in [6, 6.07) is 0. The van der Waals surface area contributed by atoms with Crippen LogP contribution in [0.25, 0.3) is 0 Å². The Hall–Kier alpha value is -0.0900. The number of sulfone groups is 1. The molecule has 0 aromatic rings. The third-order valence-electron chi connectivity index (χ3n) is 1.79. The van der Waals surface area contributed by atoms with Crippen LogP contribution >= 0.6 is 0 Å². The van der Waals surface area contributed by atoms with Gasteiger partial charge >= 0.3 is 0 Å². The molecule has 1 unspecified atom stereocenters. The van der Waals surface area contributed by atoms with Crippen LogP contribution in [0, 0.1) is 5.92 Å². The monoisotopic (exact) mass is 178 g/mol. The van der Waals surface area contributed by atoms with E-state index in [1.807, 2.05) is 0 Å². The van der Waals surface area contributed by atoms with E-state index in [1.54, 1.807) is 0 Å². The van der Waals surface area contributed by atoms with Gasteiger partial charge in [-0.2, -0.15) is 0 Å². The molecule has 4 heteroatoms. The zero-order valence-corrected chi connectivity index (χ0v) is 7.56. The highest BCUT2D eigenvalue weighted by atomic mass is 32.2. The Morgan fingerprint density at radius 2 is 2.27 bits per heavy atom. The van der Waals surface area contributed by atoms with Crippen molar-refractivity contribution in [1.29, 1.82) is 0 Å². The third-order valence-corrected chi connectivity index (χ3v) is 2.87. The fourth-order valence-electron chi connectivity index (χ4n) is 1.37. The normalized spacial score (nSPS) is 26.8. The summed E-state index contributed by atoms with van der Waals surface area (Å²) in [6.45, 7) is 1.41. The van der Waals surface area contributed by atoms with Crippen LogP contribution in [-0.2, 0) is 14.6 Å². The van der Waals surface area contributed by atoms with Crippen LogP contribution in [0.5, 0.6) is 0 Å². The van der Waals surface area contributed by atoms with Gasteiger partial charge in [0, 0.05) is 12.9 Å². The molecule has 1 atom stereocenters. The Morgan fingerprint density at radius 1 is 1.55 bits per heavy atom. The van der Waals surface area contributed by atoms with Crippen LogP contribution < -0.4 is 0 Å². The molecule has 66 valence electrons. The first-order chi connectivity index (χ1) is 5.08. The fourth-order valence-corrected chi connectivity index (χ4v) is 2.49. The topological polar surface area (TPSA) is 43.4 Å². The second-order valence-electron chi connectivity index (χ2n) is 3.18. The summed E-state index contributed by atoms with van der Waals surface area (Å²) < 4.78 is 26.9. The van der Waals surface area contributed by atoms with Gasteiger partial charge in [0.05, 0.1) is 12.4 Å². The molecule has 3 nitrogen and oxygen atoms in total. The van der Waals surface area contributed by atoms with Crippen molar-refractivity contribution >= 4 is 9.84 Å². The Kier molecular flexibility index (Phi) is 2.90. The maximum atomic E-state index is 10.8. The molecule has 0 spiro atoms. The molecule has 0 amide bonds. The Bertz CT molecular complexity index is 202. The molecule has 0 aromatic carbocycles. The quantitative estimate of drug-likeness (QED) is 0.617. The van der Waals surface area contributed by atoms with E-state index in [9.17, 15) is 8.42 Å². The lowest BCUT2D eigenvalue weighted by molar-refractivity contribution is 0.0626. The third kappa shape index (κ3) is 3.72. The number of hydrogen-bond acceptors (Lipinski definition) is 3. The molecular formula is C7H14O3S. The standard InChI is InChI=1S/C7H14O3S/c1-11(8,9)6-7-3-2-4-10-5-7/h7H,2-6H2,1H3. The molecule has 11 heavy (non-hydrogen) atoms. The molecule has 0 N–H and O–H groups in total. The van der Waals surface area contributed by atoms with E-state index in [-0.39, 0.29) is 11.7 Å². The van der Waals surface area contributed by atoms with Crippen LogP contribution in [-0.4, -0.2) is 33.6 Å². The minimum Gasteiger partial charge on any atom is -0.381 e. The molecule has 1 heterocycles. The molecule has 1 rings (SSSR count). The minimum absolute atomic E-state index is 0.235. The van der Waals surface area contributed by atoms with Crippen molar-refractivity contribution in [2.24, 2.45) is 5.92 Å². The number of rotatable bonds is 2. The lowest BCUT2D eigenvalue weighted by atomic mass is 10.1. The number of hydrogen-bond donors (Lipinski definition) is 0. The van der Waals surface area contributed by atoms with Crippen molar-refractivity contribution in [3.8, 4) is 0 Å². The molecular weight excluding hydrogens is 164 g/mol. The molecule has 0 saturated carbocycles. The smallest absolute Gasteiger partial charge is 0.147 e. The van der Waals surface area contributed by atoms with Crippen LogP contribution in [0.15, 0.2) is 0 Å². The maximum Gasteiger partial charge on any atom is 0.147 e. The van der Waals surface area contributed by atoms with Crippen molar-refractivity contribution < 1.29 is 13.2 Å². The summed E-state index contributed by atoms with van der Waals surface area (Å²) >= 11 is 0. The van der Waals surface area contributed by atoms with Crippen LogP contribution in [0.2, 0.25) is 0 Å². The average molecular weight is 178 g/mol. The van der Waals surface area contributed by atoms with Gasteiger partial charge in [-0.25, -0.2) is 8.42 Å². The summed E-state index contributed by atoms with van der Waals surface area (Å²) in [7, 11) is -2.80. The van der Waals surface area contributed by atoms with Crippen LogP contribution in [0.3, 0.4) is 0 Å². The highest BCUT2D eigenvalue weighted by molar-refractivity contribution is 7.90. The van der Waals surface area contributed by atoms with E-state index in [2.05, 4.69) is 0 Å². The van der Waals surface area contributed by atoms with Gasteiger partial charge in [0.15, 0.2) is 0 Å². The molecule has 1 fully saturated rings. The summed E-state index contributed by atoms with van der Waals surface area (Å²) in [5.74, 6) is 0.520. The van der Waals surface area contributed by atoms with E-state index in [4.69, 9.17) is 4.74 Å². The largest absolute Gasteiger partial charge is 0.381 e. The van der Waals surface area contributed by atoms with Crippen molar-refractivity contribution in [2.45, 2.75) is 12.8 Å². The van der Waals surface area contributed by atoms with Gasteiger partial charge in [-0.3, -0.25) is 0 Å². The van der Waals surface area contributed by atoms with Gasteiger partial charge in [-0.15, -0.1) is 0 Å². The zero-order valence-electron chi connectivity index (χ0n) is 6.75. The molecule has 0 bridgehead atoms. The van der Waals surface area contributed by atoms with E-state index < -0.39 is 9.84 Å². The predicted octanol–water partition coefficient (Wildman–Crippen LogP) is 0.458. The predicted molar refractivity (Wildman–Crippen MR) is 43.3 cm³/mol. The molecule has 0 radical (unpaired) electrons. The summed E-state index contributed by atoms with van der Waals surface area (Å²) in [5.41, 5.74) is 0. The van der Waals surface area contributed by atoms with E-state index in [0.717, 1.165) is 19.4 Å². The van der Waals surface area contributed by atoms with Crippen molar-refractivity contribution in [1.82, 2.24) is 0 Å². The Morgan fingerprint density at radius 3 is 2.73 bits per heavy atom. The van der Waals surface area contributed by atoms with Gasteiger partial charge in [-0.1, -0.05) is 0 Å².